The van der Waals surface area contributed by atoms with Crippen LogP contribution in [0.2, 0.25) is 5.02 Å². The average Bonchev–Trinajstić information content (AvgIpc) is 2.90. The number of aromatic nitrogens is 3. The van der Waals surface area contributed by atoms with Gasteiger partial charge in [-0.3, -0.25) is 9.47 Å². The first-order valence-electron chi connectivity index (χ1n) is 7.36. The molecule has 1 heterocycles. The van der Waals surface area contributed by atoms with Crippen LogP contribution in [0.5, 0.6) is 0 Å². The van der Waals surface area contributed by atoms with Crippen LogP contribution in [0.25, 0.3) is 5.69 Å². The van der Waals surface area contributed by atoms with Gasteiger partial charge >= 0.3 is 0 Å². The predicted octanol–water partition coefficient (Wildman–Crippen LogP) is 4.29. The van der Waals surface area contributed by atoms with Crippen molar-refractivity contribution in [2.24, 2.45) is 0 Å². The standard InChI is InChI=1S/C17H16ClFN4S/c1-21(10-13-5-7-15(19)8-6-13)12-23-17(24)22(11-20-23)16-4-2-3-14(18)9-16/h2-9,11H,10,12H2,1H3. The Morgan fingerprint density at radius 3 is 2.67 bits per heavy atom. The maximum atomic E-state index is 13.0. The van der Waals surface area contributed by atoms with Gasteiger partial charge in [0.15, 0.2) is 0 Å². The molecule has 0 saturated heterocycles. The first kappa shape index (κ1) is 16.8. The quantitative estimate of drug-likeness (QED) is 0.633. The zero-order chi connectivity index (χ0) is 17.1. The molecule has 0 atom stereocenters. The molecule has 4 nitrogen and oxygen atoms in total. The summed E-state index contributed by atoms with van der Waals surface area (Å²) in [5.41, 5.74) is 1.90. The summed E-state index contributed by atoms with van der Waals surface area (Å²) in [4.78, 5) is 2.05. The zero-order valence-electron chi connectivity index (χ0n) is 13.1. The van der Waals surface area contributed by atoms with Crippen molar-refractivity contribution in [3.63, 3.8) is 0 Å². The lowest BCUT2D eigenvalue weighted by atomic mass is 10.2. The smallest absolute Gasteiger partial charge is 0.203 e. The maximum Gasteiger partial charge on any atom is 0.203 e. The number of rotatable bonds is 5. The average molecular weight is 363 g/mol. The Morgan fingerprint density at radius 2 is 1.96 bits per heavy atom. The van der Waals surface area contributed by atoms with E-state index in [1.54, 1.807) is 23.1 Å². The molecule has 2 aromatic carbocycles. The predicted molar refractivity (Wildman–Crippen MR) is 95.3 cm³/mol. The van der Waals surface area contributed by atoms with Crippen LogP contribution < -0.4 is 0 Å². The number of hydrogen-bond donors (Lipinski definition) is 0. The summed E-state index contributed by atoms with van der Waals surface area (Å²) in [5.74, 6) is -0.233. The van der Waals surface area contributed by atoms with E-state index in [0.29, 0.717) is 23.0 Å². The topological polar surface area (TPSA) is 26.0 Å². The van der Waals surface area contributed by atoms with E-state index < -0.39 is 0 Å². The summed E-state index contributed by atoms with van der Waals surface area (Å²) in [5, 5.41) is 5.00. The molecule has 24 heavy (non-hydrogen) atoms. The summed E-state index contributed by atoms with van der Waals surface area (Å²) < 4.78 is 17.1. The Labute approximate surface area is 149 Å². The fourth-order valence-electron chi connectivity index (χ4n) is 2.42. The van der Waals surface area contributed by atoms with Gasteiger partial charge in [-0.05, 0) is 55.2 Å². The zero-order valence-corrected chi connectivity index (χ0v) is 14.6. The largest absolute Gasteiger partial charge is 0.283 e. The normalized spacial score (nSPS) is 11.2. The van der Waals surface area contributed by atoms with Gasteiger partial charge in [0, 0.05) is 11.6 Å². The first-order chi connectivity index (χ1) is 11.5. The fourth-order valence-corrected chi connectivity index (χ4v) is 2.86. The van der Waals surface area contributed by atoms with E-state index in [0.717, 1.165) is 11.3 Å². The van der Waals surface area contributed by atoms with Crippen molar-refractivity contribution in [2.45, 2.75) is 13.2 Å². The van der Waals surface area contributed by atoms with Gasteiger partial charge in [-0.25, -0.2) is 9.07 Å². The molecule has 0 aliphatic heterocycles. The van der Waals surface area contributed by atoms with Gasteiger partial charge in [0.05, 0.1) is 12.4 Å². The highest BCUT2D eigenvalue weighted by Crippen LogP contribution is 2.15. The Hall–Kier alpha value is -2.02. The molecule has 3 rings (SSSR count). The van der Waals surface area contributed by atoms with E-state index in [1.807, 2.05) is 35.9 Å². The van der Waals surface area contributed by atoms with E-state index in [2.05, 4.69) is 10.00 Å². The minimum Gasteiger partial charge on any atom is -0.283 e. The minimum atomic E-state index is -0.233. The molecule has 0 amide bonds. The molecular formula is C17H16ClFN4S. The maximum absolute atomic E-state index is 13.0. The Kier molecular flexibility index (Phi) is 5.08. The second kappa shape index (κ2) is 7.25. The molecule has 1 aromatic heterocycles. The van der Waals surface area contributed by atoms with Crippen molar-refractivity contribution in [3.8, 4) is 5.69 Å². The molecule has 0 radical (unpaired) electrons. The van der Waals surface area contributed by atoms with E-state index in [9.17, 15) is 4.39 Å². The highest BCUT2D eigenvalue weighted by molar-refractivity contribution is 7.71. The molecular weight excluding hydrogens is 347 g/mol. The number of halogens is 2. The molecule has 0 spiro atoms. The molecule has 124 valence electrons. The number of benzene rings is 2. The molecule has 0 bridgehead atoms. The molecule has 0 aliphatic carbocycles. The van der Waals surface area contributed by atoms with Crippen LogP contribution in [0.4, 0.5) is 4.39 Å². The van der Waals surface area contributed by atoms with Crippen molar-refractivity contribution >= 4 is 23.8 Å². The summed E-state index contributed by atoms with van der Waals surface area (Å²) in [7, 11) is 1.96. The molecule has 0 aliphatic rings. The van der Waals surface area contributed by atoms with Gasteiger partial charge in [-0.15, -0.1) is 0 Å². The molecule has 0 N–H and O–H groups in total. The number of hydrogen-bond acceptors (Lipinski definition) is 3. The molecule has 3 aromatic rings. The van der Waals surface area contributed by atoms with E-state index in [4.69, 9.17) is 23.8 Å². The third kappa shape index (κ3) is 3.90. The highest BCUT2D eigenvalue weighted by Gasteiger charge is 2.07. The monoisotopic (exact) mass is 362 g/mol. The van der Waals surface area contributed by atoms with E-state index in [1.165, 1.54) is 12.1 Å². The van der Waals surface area contributed by atoms with Crippen LogP contribution in [-0.2, 0) is 13.2 Å². The van der Waals surface area contributed by atoms with E-state index >= 15 is 0 Å². The lowest BCUT2D eigenvalue weighted by Crippen LogP contribution is -2.22. The van der Waals surface area contributed by atoms with Gasteiger partial charge in [-0.2, -0.15) is 5.10 Å². The molecule has 0 saturated carbocycles. The Bertz CT molecular complexity index is 888. The second-order valence-electron chi connectivity index (χ2n) is 5.54. The fraction of sp³-hybridized carbons (Fsp3) is 0.176. The van der Waals surface area contributed by atoms with Crippen molar-refractivity contribution in [1.82, 2.24) is 19.2 Å². The van der Waals surface area contributed by atoms with Crippen LogP contribution in [0.3, 0.4) is 0 Å². The van der Waals surface area contributed by atoms with Crippen LogP contribution in [-0.4, -0.2) is 26.3 Å². The van der Waals surface area contributed by atoms with Gasteiger partial charge in [0.25, 0.3) is 0 Å². The summed E-state index contributed by atoms with van der Waals surface area (Å²) in [6, 6.07) is 13.9. The van der Waals surface area contributed by atoms with E-state index in [-0.39, 0.29) is 5.82 Å². The van der Waals surface area contributed by atoms with Crippen molar-refractivity contribution < 1.29 is 4.39 Å². The Balaban J connectivity index is 1.74. The molecule has 7 heteroatoms. The van der Waals surface area contributed by atoms with Gasteiger partial charge in [0.2, 0.25) is 4.77 Å². The lowest BCUT2D eigenvalue weighted by molar-refractivity contribution is 0.244. The van der Waals surface area contributed by atoms with Crippen LogP contribution in [0.15, 0.2) is 54.9 Å². The van der Waals surface area contributed by atoms with Crippen LogP contribution >= 0.6 is 23.8 Å². The summed E-state index contributed by atoms with van der Waals surface area (Å²) in [6.45, 7) is 1.20. The lowest BCUT2D eigenvalue weighted by Gasteiger charge is -2.16. The SMILES string of the molecule is CN(Cc1ccc(F)cc1)Cn1ncn(-c2cccc(Cl)c2)c1=S. The second-order valence-corrected chi connectivity index (χ2v) is 6.35. The van der Waals surface area contributed by atoms with Gasteiger partial charge < -0.3 is 0 Å². The first-order valence-corrected chi connectivity index (χ1v) is 8.15. The summed E-state index contributed by atoms with van der Waals surface area (Å²) >= 11 is 11.5. The minimum absolute atomic E-state index is 0.233. The van der Waals surface area contributed by atoms with Crippen molar-refractivity contribution in [1.29, 1.82) is 0 Å². The Morgan fingerprint density at radius 1 is 1.21 bits per heavy atom. The van der Waals surface area contributed by atoms with Crippen LogP contribution in [0.1, 0.15) is 5.56 Å². The third-order valence-corrected chi connectivity index (χ3v) is 4.20. The molecule has 0 fully saturated rings. The van der Waals surface area contributed by atoms with Crippen LogP contribution in [0, 0.1) is 10.6 Å². The van der Waals surface area contributed by atoms with Crippen molar-refractivity contribution in [2.75, 3.05) is 7.05 Å². The van der Waals surface area contributed by atoms with Gasteiger partial charge in [0.1, 0.15) is 12.1 Å². The summed E-state index contributed by atoms with van der Waals surface area (Å²) in [6.07, 6.45) is 1.68. The van der Waals surface area contributed by atoms with Crippen molar-refractivity contribution in [3.05, 3.63) is 76.0 Å². The highest BCUT2D eigenvalue weighted by atomic mass is 35.5. The van der Waals surface area contributed by atoms with Gasteiger partial charge in [-0.1, -0.05) is 29.8 Å². The molecule has 0 unspecified atom stereocenters. The number of nitrogens with zero attached hydrogens (tertiary/aromatic N) is 4. The third-order valence-electron chi connectivity index (χ3n) is 3.56.